The largest absolute Gasteiger partial charge is 0.396 e. The number of nitriles is 1. The van der Waals surface area contributed by atoms with Crippen LogP contribution in [0.2, 0.25) is 0 Å². The lowest BCUT2D eigenvalue weighted by Gasteiger charge is -2.10. The molecule has 0 saturated heterocycles. The monoisotopic (exact) mass is 253 g/mol. The molecule has 1 unspecified atom stereocenters. The third-order valence-corrected chi connectivity index (χ3v) is 3.05. The van der Waals surface area contributed by atoms with Crippen molar-refractivity contribution in [2.45, 2.75) is 12.5 Å². The summed E-state index contributed by atoms with van der Waals surface area (Å²) in [6.45, 7) is -0.0292. The molecule has 0 aromatic heterocycles. The van der Waals surface area contributed by atoms with Crippen molar-refractivity contribution in [2.24, 2.45) is 0 Å². The van der Waals surface area contributed by atoms with E-state index >= 15 is 0 Å². The van der Waals surface area contributed by atoms with Crippen molar-refractivity contribution in [1.29, 1.82) is 5.26 Å². The first-order chi connectivity index (χ1) is 9.24. The molecule has 96 valence electrons. The highest BCUT2D eigenvalue weighted by Crippen LogP contribution is 2.23. The molecule has 0 heterocycles. The van der Waals surface area contributed by atoms with Gasteiger partial charge in [0.1, 0.15) is 0 Å². The number of aliphatic hydroxyl groups is 2. The quantitative estimate of drug-likeness (QED) is 0.880. The van der Waals surface area contributed by atoms with Gasteiger partial charge in [-0.1, -0.05) is 36.4 Å². The molecule has 1 atom stereocenters. The van der Waals surface area contributed by atoms with E-state index in [1.807, 2.05) is 36.4 Å². The van der Waals surface area contributed by atoms with Gasteiger partial charge in [0.25, 0.3) is 0 Å². The van der Waals surface area contributed by atoms with Crippen molar-refractivity contribution in [3.05, 3.63) is 59.7 Å². The molecular weight excluding hydrogens is 238 g/mol. The van der Waals surface area contributed by atoms with Gasteiger partial charge in [0.05, 0.1) is 17.7 Å². The highest BCUT2D eigenvalue weighted by atomic mass is 16.3. The fourth-order valence-electron chi connectivity index (χ4n) is 1.92. The fraction of sp³-hybridized carbons (Fsp3) is 0.188. The van der Waals surface area contributed by atoms with Crippen LogP contribution in [0.4, 0.5) is 0 Å². The van der Waals surface area contributed by atoms with E-state index in [4.69, 9.17) is 10.4 Å². The Morgan fingerprint density at radius 1 is 0.947 bits per heavy atom. The Morgan fingerprint density at radius 3 is 1.95 bits per heavy atom. The van der Waals surface area contributed by atoms with Gasteiger partial charge in [-0.3, -0.25) is 0 Å². The molecule has 0 radical (unpaired) electrons. The van der Waals surface area contributed by atoms with E-state index in [1.165, 1.54) is 0 Å². The zero-order valence-corrected chi connectivity index (χ0v) is 10.5. The van der Waals surface area contributed by atoms with E-state index in [2.05, 4.69) is 6.07 Å². The van der Waals surface area contributed by atoms with Crippen LogP contribution in [0.3, 0.4) is 0 Å². The van der Waals surface area contributed by atoms with Crippen molar-refractivity contribution in [1.82, 2.24) is 0 Å². The lowest BCUT2D eigenvalue weighted by atomic mass is 10.00. The molecule has 3 nitrogen and oxygen atoms in total. The van der Waals surface area contributed by atoms with Crippen LogP contribution in [-0.4, -0.2) is 16.8 Å². The van der Waals surface area contributed by atoms with Crippen LogP contribution in [0.25, 0.3) is 11.1 Å². The summed E-state index contributed by atoms with van der Waals surface area (Å²) < 4.78 is 0. The van der Waals surface area contributed by atoms with Crippen molar-refractivity contribution in [3.8, 4) is 17.2 Å². The minimum Gasteiger partial charge on any atom is -0.396 e. The van der Waals surface area contributed by atoms with E-state index < -0.39 is 6.10 Å². The molecule has 2 rings (SSSR count). The van der Waals surface area contributed by atoms with Crippen molar-refractivity contribution in [2.75, 3.05) is 6.61 Å². The normalized spacial score (nSPS) is 11.8. The molecule has 19 heavy (non-hydrogen) atoms. The predicted molar refractivity (Wildman–Crippen MR) is 73.3 cm³/mol. The van der Waals surface area contributed by atoms with E-state index in [9.17, 15) is 5.11 Å². The summed E-state index contributed by atoms with van der Waals surface area (Å²) in [6, 6.07) is 17.0. The van der Waals surface area contributed by atoms with Gasteiger partial charge < -0.3 is 10.2 Å². The van der Waals surface area contributed by atoms with Crippen LogP contribution in [0.15, 0.2) is 48.5 Å². The van der Waals surface area contributed by atoms with E-state index in [1.54, 1.807) is 12.1 Å². The molecular formula is C16H15NO2. The molecule has 2 aromatic rings. The molecule has 0 aliphatic rings. The Balaban J connectivity index is 2.20. The van der Waals surface area contributed by atoms with Crippen LogP contribution in [0.1, 0.15) is 23.7 Å². The maximum absolute atomic E-state index is 9.75. The number of rotatable bonds is 4. The molecule has 0 spiro atoms. The minimum absolute atomic E-state index is 0.0292. The van der Waals surface area contributed by atoms with Crippen LogP contribution in [-0.2, 0) is 0 Å². The number of hydrogen-bond donors (Lipinski definition) is 2. The van der Waals surface area contributed by atoms with Gasteiger partial charge in [-0.15, -0.1) is 0 Å². The standard InChI is InChI=1S/C16H15NO2/c17-11-12-1-3-13(4-2-12)14-5-7-15(8-6-14)16(19)9-10-18/h1-8,16,18-19H,9-10H2. The van der Waals surface area contributed by atoms with Gasteiger partial charge in [-0.2, -0.15) is 5.26 Å². The predicted octanol–water partition coefficient (Wildman–Crippen LogP) is 2.64. The third kappa shape index (κ3) is 3.19. The van der Waals surface area contributed by atoms with Gasteiger partial charge in [0, 0.05) is 13.0 Å². The molecule has 0 amide bonds. The minimum atomic E-state index is -0.625. The molecule has 2 N–H and O–H groups in total. The van der Waals surface area contributed by atoms with Crippen LogP contribution >= 0.6 is 0 Å². The van der Waals surface area contributed by atoms with E-state index in [-0.39, 0.29) is 6.61 Å². The molecule has 0 fully saturated rings. The molecule has 0 aliphatic heterocycles. The van der Waals surface area contributed by atoms with Gasteiger partial charge in [0.2, 0.25) is 0 Å². The average Bonchev–Trinajstić information content (AvgIpc) is 2.48. The Labute approximate surface area is 112 Å². The summed E-state index contributed by atoms with van der Waals surface area (Å²) in [4.78, 5) is 0. The summed E-state index contributed by atoms with van der Waals surface area (Å²) in [5.41, 5.74) is 3.50. The molecule has 0 bridgehead atoms. The Morgan fingerprint density at radius 2 is 1.47 bits per heavy atom. The maximum atomic E-state index is 9.75. The first kappa shape index (κ1) is 13.3. The van der Waals surface area contributed by atoms with Crippen LogP contribution < -0.4 is 0 Å². The Bertz CT molecular complexity index is 567. The summed E-state index contributed by atoms with van der Waals surface area (Å²) in [5.74, 6) is 0. The van der Waals surface area contributed by atoms with Crippen molar-refractivity contribution in [3.63, 3.8) is 0 Å². The first-order valence-corrected chi connectivity index (χ1v) is 6.14. The van der Waals surface area contributed by atoms with Crippen LogP contribution in [0.5, 0.6) is 0 Å². The zero-order chi connectivity index (χ0) is 13.7. The van der Waals surface area contributed by atoms with Gasteiger partial charge in [-0.05, 0) is 28.8 Å². The summed E-state index contributed by atoms with van der Waals surface area (Å²) in [5, 5.41) is 27.3. The second-order valence-corrected chi connectivity index (χ2v) is 4.34. The maximum Gasteiger partial charge on any atom is 0.0991 e. The summed E-state index contributed by atoms with van der Waals surface area (Å²) >= 11 is 0. The smallest absolute Gasteiger partial charge is 0.0991 e. The molecule has 2 aromatic carbocycles. The van der Waals surface area contributed by atoms with Crippen molar-refractivity contribution < 1.29 is 10.2 Å². The fourth-order valence-corrected chi connectivity index (χ4v) is 1.92. The first-order valence-electron chi connectivity index (χ1n) is 6.14. The molecule has 0 saturated carbocycles. The Hall–Kier alpha value is -2.15. The van der Waals surface area contributed by atoms with Gasteiger partial charge >= 0.3 is 0 Å². The highest BCUT2D eigenvalue weighted by Gasteiger charge is 2.06. The summed E-state index contributed by atoms with van der Waals surface area (Å²) in [7, 11) is 0. The van der Waals surface area contributed by atoms with Gasteiger partial charge in [-0.25, -0.2) is 0 Å². The summed E-state index contributed by atoms with van der Waals surface area (Å²) in [6.07, 6.45) is -0.282. The van der Waals surface area contributed by atoms with Crippen LogP contribution in [0, 0.1) is 11.3 Å². The zero-order valence-electron chi connectivity index (χ0n) is 10.5. The number of hydrogen-bond acceptors (Lipinski definition) is 3. The number of aliphatic hydroxyl groups excluding tert-OH is 2. The SMILES string of the molecule is N#Cc1ccc(-c2ccc(C(O)CCO)cc2)cc1. The second-order valence-electron chi connectivity index (χ2n) is 4.34. The van der Waals surface area contributed by atoms with E-state index in [0.29, 0.717) is 12.0 Å². The second kappa shape index (κ2) is 6.14. The average molecular weight is 253 g/mol. The third-order valence-electron chi connectivity index (χ3n) is 3.05. The molecule has 0 aliphatic carbocycles. The Kier molecular flexibility index (Phi) is 4.30. The number of nitrogens with zero attached hydrogens (tertiary/aromatic N) is 1. The van der Waals surface area contributed by atoms with E-state index in [0.717, 1.165) is 16.7 Å². The lowest BCUT2D eigenvalue weighted by Crippen LogP contribution is -1.99. The highest BCUT2D eigenvalue weighted by molar-refractivity contribution is 5.64. The lowest BCUT2D eigenvalue weighted by molar-refractivity contribution is 0.134. The van der Waals surface area contributed by atoms with Gasteiger partial charge in [0.15, 0.2) is 0 Å². The van der Waals surface area contributed by atoms with Crippen molar-refractivity contribution >= 4 is 0 Å². The number of benzene rings is 2. The molecule has 3 heteroatoms. The topological polar surface area (TPSA) is 64.2 Å².